The molecule has 0 N–H and O–H groups in total. The van der Waals surface area contributed by atoms with Crippen LogP contribution in [0, 0.1) is 6.92 Å². The van der Waals surface area contributed by atoms with Crippen LogP contribution in [0.15, 0.2) is 77.2 Å². The number of nitrogens with zero attached hydrogens (tertiary/aromatic N) is 2. The monoisotopic (exact) mass is 350 g/mol. The molecule has 0 aliphatic heterocycles. The summed E-state index contributed by atoms with van der Waals surface area (Å²) in [5, 5.41) is 2.01. The van der Waals surface area contributed by atoms with E-state index in [0.717, 1.165) is 44.1 Å². The predicted octanol–water partition coefficient (Wildman–Crippen LogP) is 4.96. The summed E-state index contributed by atoms with van der Waals surface area (Å²) in [7, 11) is 0. The molecule has 27 heavy (non-hydrogen) atoms. The first-order valence-electron chi connectivity index (χ1n) is 8.74. The van der Waals surface area contributed by atoms with Gasteiger partial charge in [0.2, 0.25) is 0 Å². The van der Waals surface area contributed by atoms with E-state index in [0.29, 0.717) is 0 Å². The van der Waals surface area contributed by atoms with Gasteiger partial charge in [-0.25, -0.2) is 0 Å². The number of hydrogen-bond acceptors (Lipinski definition) is 2. The third-order valence-corrected chi connectivity index (χ3v) is 4.38. The van der Waals surface area contributed by atoms with Gasteiger partial charge in [-0.1, -0.05) is 49.6 Å². The number of benzene rings is 3. The van der Waals surface area contributed by atoms with Crippen LogP contribution in [-0.2, 0) is 0 Å². The van der Waals surface area contributed by atoms with Gasteiger partial charge >= 0.3 is 0 Å². The molecule has 0 atom stereocenters. The van der Waals surface area contributed by atoms with E-state index in [2.05, 4.69) is 48.9 Å². The molecule has 132 valence electrons. The zero-order chi connectivity index (χ0) is 19.2. The topological polar surface area (TPSA) is 24.7 Å². The quantitative estimate of drug-likeness (QED) is 0.581. The first-order valence-corrected chi connectivity index (χ1v) is 8.74. The lowest BCUT2D eigenvalue weighted by atomic mass is 10.1. The molecule has 0 saturated carbocycles. The van der Waals surface area contributed by atoms with Gasteiger partial charge in [-0.15, -0.1) is 0 Å². The SMILES string of the molecule is C=Cc1cccc(C=Nc2cc/c(=C/c3ccc(N=C)cc3C)c(=C)c2)c1. The third-order valence-electron chi connectivity index (χ3n) is 4.38. The van der Waals surface area contributed by atoms with Crippen LogP contribution in [0.1, 0.15) is 22.3 Å². The molecular formula is C25H22N2. The van der Waals surface area contributed by atoms with Gasteiger partial charge in [-0.05, 0) is 82.7 Å². The van der Waals surface area contributed by atoms with Crippen LogP contribution < -0.4 is 10.4 Å². The second-order valence-electron chi connectivity index (χ2n) is 6.36. The molecule has 0 heterocycles. The molecule has 0 aliphatic rings. The molecule has 0 spiro atoms. The normalized spacial score (nSPS) is 11.7. The Bertz CT molecular complexity index is 1140. The van der Waals surface area contributed by atoms with Crippen molar-refractivity contribution in [2.75, 3.05) is 0 Å². The smallest absolute Gasteiger partial charge is 0.0636 e. The molecule has 3 aromatic rings. The fourth-order valence-corrected chi connectivity index (χ4v) is 2.82. The summed E-state index contributed by atoms with van der Waals surface area (Å²) >= 11 is 0. The van der Waals surface area contributed by atoms with E-state index >= 15 is 0 Å². The van der Waals surface area contributed by atoms with Gasteiger partial charge in [0.1, 0.15) is 0 Å². The number of aliphatic imine (C=N–C) groups is 2. The first kappa shape index (κ1) is 18.3. The number of rotatable bonds is 5. The molecule has 0 aromatic heterocycles. The maximum atomic E-state index is 4.57. The standard InChI is InChI=1S/C25H22N2/c1-5-20-7-6-8-21(15-20)17-27-25-12-10-23(19(3)14-25)16-22-9-11-24(26-4)13-18(22)2/h5-17H,1,3-4H2,2H3/b23-16-,27-17?. The zero-order valence-corrected chi connectivity index (χ0v) is 15.5. The van der Waals surface area contributed by atoms with Gasteiger partial charge < -0.3 is 0 Å². The summed E-state index contributed by atoms with van der Waals surface area (Å²) in [5.41, 5.74) is 6.18. The zero-order valence-electron chi connectivity index (χ0n) is 15.5. The Morgan fingerprint density at radius 1 is 0.889 bits per heavy atom. The maximum absolute atomic E-state index is 4.57. The fourth-order valence-electron chi connectivity index (χ4n) is 2.82. The molecule has 2 heteroatoms. The van der Waals surface area contributed by atoms with E-state index in [-0.39, 0.29) is 0 Å². The minimum absolute atomic E-state index is 0.879. The Morgan fingerprint density at radius 2 is 1.67 bits per heavy atom. The number of hydrogen-bond donors (Lipinski definition) is 0. The van der Waals surface area contributed by atoms with E-state index in [1.807, 2.05) is 66.9 Å². The van der Waals surface area contributed by atoms with Crippen molar-refractivity contribution in [1.82, 2.24) is 0 Å². The minimum atomic E-state index is 0.879. The summed E-state index contributed by atoms with van der Waals surface area (Å²) in [4.78, 5) is 8.54. The van der Waals surface area contributed by atoms with Crippen molar-refractivity contribution in [2.45, 2.75) is 6.92 Å². The van der Waals surface area contributed by atoms with Crippen LogP contribution in [-0.4, -0.2) is 12.9 Å². The van der Waals surface area contributed by atoms with Crippen molar-refractivity contribution in [3.63, 3.8) is 0 Å². The van der Waals surface area contributed by atoms with Gasteiger partial charge in [-0.2, -0.15) is 0 Å². The van der Waals surface area contributed by atoms with Crippen LogP contribution in [0.25, 0.3) is 18.7 Å². The molecule has 0 aliphatic carbocycles. The van der Waals surface area contributed by atoms with Crippen LogP contribution >= 0.6 is 0 Å². The molecular weight excluding hydrogens is 328 g/mol. The lowest BCUT2D eigenvalue weighted by Crippen LogP contribution is -2.22. The van der Waals surface area contributed by atoms with Crippen molar-refractivity contribution in [3.8, 4) is 0 Å². The Morgan fingerprint density at radius 3 is 2.37 bits per heavy atom. The van der Waals surface area contributed by atoms with Crippen molar-refractivity contribution in [1.29, 1.82) is 0 Å². The molecule has 0 amide bonds. The van der Waals surface area contributed by atoms with Gasteiger partial charge in [0.15, 0.2) is 0 Å². The van der Waals surface area contributed by atoms with E-state index in [9.17, 15) is 0 Å². The highest BCUT2D eigenvalue weighted by Crippen LogP contribution is 2.17. The highest BCUT2D eigenvalue weighted by atomic mass is 14.7. The van der Waals surface area contributed by atoms with Crippen molar-refractivity contribution >= 4 is 43.0 Å². The fraction of sp³-hybridized carbons (Fsp3) is 0.0400. The molecule has 3 rings (SSSR count). The molecule has 0 radical (unpaired) electrons. The molecule has 3 aromatic carbocycles. The summed E-state index contributed by atoms with van der Waals surface area (Å²) in [6.07, 6.45) is 5.82. The van der Waals surface area contributed by atoms with Gasteiger partial charge in [0.25, 0.3) is 0 Å². The highest BCUT2D eigenvalue weighted by molar-refractivity contribution is 5.82. The van der Waals surface area contributed by atoms with Crippen molar-refractivity contribution in [3.05, 3.63) is 99.9 Å². The Hall–Kier alpha value is -3.52. The minimum Gasteiger partial charge on any atom is -0.265 e. The lowest BCUT2D eigenvalue weighted by molar-refractivity contribution is 1.40. The van der Waals surface area contributed by atoms with Crippen molar-refractivity contribution < 1.29 is 0 Å². The predicted molar refractivity (Wildman–Crippen MR) is 119 cm³/mol. The van der Waals surface area contributed by atoms with E-state index in [4.69, 9.17) is 0 Å². The van der Waals surface area contributed by atoms with E-state index in [1.54, 1.807) is 0 Å². The summed E-state index contributed by atoms with van der Waals surface area (Å²) in [6, 6.07) is 20.2. The van der Waals surface area contributed by atoms with Gasteiger partial charge in [0, 0.05) is 6.21 Å². The Kier molecular flexibility index (Phi) is 5.58. The molecule has 0 saturated heterocycles. The van der Waals surface area contributed by atoms with Crippen LogP contribution in [0.3, 0.4) is 0 Å². The van der Waals surface area contributed by atoms with Crippen LogP contribution in [0.4, 0.5) is 11.4 Å². The lowest BCUT2D eigenvalue weighted by Gasteiger charge is -2.02. The Labute approximate surface area is 160 Å². The Balaban J connectivity index is 1.89. The molecule has 0 bridgehead atoms. The maximum Gasteiger partial charge on any atom is 0.0636 e. The average molecular weight is 350 g/mol. The molecule has 0 fully saturated rings. The van der Waals surface area contributed by atoms with Crippen LogP contribution in [0.5, 0.6) is 0 Å². The molecule has 0 unspecified atom stereocenters. The van der Waals surface area contributed by atoms with Gasteiger partial charge in [-0.3, -0.25) is 9.98 Å². The summed E-state index contributed by atoms with van der Waals surface area (Å²) in [6.45, 7) is 13.6. The van der Waals surface area contributed by atoms with Crippen molar-refractivity contribution in [2.24, 2.45) is 9.98 Å². The second-order valence-corrected chi connectivity index (χ2v) is 6.36. The summed E-state index contributed by atoms with van der Waals surface area (Å²) < 4.78 is 0. The highest BCUT2D eigenvalue weighted by Gasteiger charge is 1.97. The van der Waals surface area contributed by atoms with Gasteiger partial charge in [0.05, 0.1) is 11.4 Å². The largest absolute Gasteiger partial charge is 0.265 e. The van der Waals surface area contributed by atoms with E-state index < -0.39 is 0 Å². The first-order chi connectivity index (χ1) is 13.1. The second kappa shape index (κ2) is 8.24. The average Bonchev–Trinajstić information content (AvgIpc) is 2.69. The number of aryl methyl sites for hydroxylation is 1. The third kappa shape index (κ3) is 4.56. The molecule has 2 nitrogen and oxygen atoms in total. The van der Waals surface area contributed by atoms with Crippen LogP contribution in [0.2, 0.25) is 0 Å². The van der Waals surface area contributed by atoms with E-state index in [1.165, 1.54) is 0 Å². The summed E-state index contributed by atoms with van der Waals surface area (Å²) in [5.74, 6) is 0.